The summed E-state index contributed by atoms with van der Waals surface area (Å²) in [6.45, 7) is 13.7. The van der Waals surface area contributed by atoms with Crippen molar-refractivity contribution in [2.24, 2.45) is 0 Å². The molecule has 0 aliphatic carbocycles. The molecule has 3 heterocycles. The van der Waals surface area contributed by atoms with E-state index >= 15 is 0 Å². The Labute approximate surface area is 204 Å². The van der Waals surface area contributed by atoms with Gasteiger partial charge in [-0.3, -0.25) is 4.79 Å². The highest BCUT2D eigenvalue weighted by Gasteiger charge is 2.23. The number of carbonyl (C=O) groups is 1. The Bertz CT molecular complexity index is 1370. The van der Waals surface area contributed by atoms with Crippen LogP contribution in [-0.4, -0.2) is 35.4 Å². The number of rotatable bonds is 5. The van der Waals surface area contributed by atoms with Gasteiger partial charge in [-0.25, -0.2) is 23.7 Å². The molecule has 0 atom stereocenters. The van der Waals surface area contributed by atoms with Crippen molar-refractivity contribution in [3.63, 3.8) is 0 Å². The Morgan fingerprint density at radius 1 is 0.943 bits per heavy atom. The van der Waals surface area contributed by atoms with Crippen LogP contribution in [0.5, 0.6) is 0 Å². The average Bonchev–Trinajstić information content (AvgIpc) is 3.30. The van der Waals surface area contributed by atoms with Crippen molar-refractivity contribution in [1.82, 2.24) is 29.5 Å². The number of nitrogens with zero attached hydrogens (tertiary/aromatic N) is 6. The lowest BCUT2D eigenvalue weighted by Gasteiger charge is -2.14. The first-order valence-corrected chi connectivity index (χ1v) is 11.5. The van der Waals surface area contributed by atoms with Crippen LogP contribution in [0.1, 0.15) is 54.8 Å². The Hall–Kier alpha value is -3.88. The molecule has 0 spiro atoms. The monoisotopic (exact) mass is 475 g/mol. The van der Waals surface area contributed by atoms with Crippen LogP contribution in [0.3, 0.4) is 0 Å². The summed E-state index contributed by atoms with van der Waals surface area (Å²) in [5.41, 5.74) is 5.30. The molecule has 35 heavy (non-hydrogen) atoms. The van der Waals surface area contributed by atoms with Gasteiger partial charge >= 0.3 is 0 Å². The molecule has 0 saturated carbocycles. The van der Waals surface area contributed by atoms with Gasteiger partial charge in [-0.15, -0.1) is 0 Å². The van der Waals surface area contributed by atoms with E-state index in [-0.39, 0.29) is 23.6 Å². The molecule has 182 valence electrons. The van der Waals surface area contributed by atoms with Crippen LogP contribution in [0.25, 0.3) is 11.6 Å². The van der Waals surface area contributed by atoms with Gasteiger partial charge in [-0.1, -0.05) is 20.8 Å². The zero-order valence-corrected chi connectivity index (χ0v) is 21.1. The van der Waals surface area contributed by atoms with Crippen LogP contribution in [0.15, 0.2) is 36.4 Å². The first kappa shape index (κ1) is 24.3. The van der Waals surface area contributed by atoms with E-state index in [0.717, 1.165) is 34.0 Å². The summed E-state index contributed by atoms with van der Waals surface area (Å²) < 4.78 is 16.8. The Morgan fingerprint density at radius 3 is 2.17 bits per heavy atom. The molecular weight excluding hydrogens is 445 g/mol. The van der Waals surface area contributed by atoms with E-state index in [1.807, 2.05) is 60.6 Å². The lowest BCUT2D eigenvalue weighted by molar-refractivity contribution is -0.115. The second kappa shape index (κ2) is 9.05. The third-order valence-electron chi connectivity index (χ3n) is 5.75. The normalized spacial score (nSPS) is 11.7. The van der Waals surface area contributed by atoms with Gasteiger partial charge in [0.25, 0.3) is 5.95 Å². The van der Waals surface area contributed by atoms with Gasteiger partial charge in [-0.05, 0) is 58.0 Å². The van der Waals surface area contributed by atoms with Crippen molar-refractivity contribution >= 4 is 11.7 Å². The molecule has 0 unspecified atom stereocenters. The first-order chi connectivity index (χ1) is 16.4. The topological polar surface area (TPSA) is 90.5 Å². The fraction of sp³-hybridized carbons (Fsp3) is 0.346. The number of amides is 1. The standard InChI is InChI=1S/C26H30FN7O/c1-15-12-16(2)29-25(28-15)33-18(4)21(17(3)31-33)13-24(35)30-23-14-22(26(5,6)7)32-34(23)20-10-8-19(27)9-11-20/h8-12,14H,13H2,1-7H3,(H,30,35). The molecule has 0 fully saturated rings. The Morgan fingerprint density at radius 2 is 1.57 bits per heavy atom. The van der Waals surface area contributed by atoms with Crippen molar-refractivity contribution in [2.75, 3.05) is 5.32 Å². The maximum absolute atomic E-state index is 13.5. The molecule has 4 rings (SSSR count). The van der Waals surface area contributed by atoms with E-state index in [4.69, 9.17) is 0 Å². The third-order valence-corrected chi connectivity index (χ3v) is 5.75. The number of aryl methyl sites for hydroxylation is 3. The number of hydrogen-bond donors (Lipinski definition) is 1. The average molecular weight is 476 g/mol. The van der Waals surface area contributed by atoms with Gasteiger partial charge in [-0.2, -0.15) is 10.2 Å². The molecule has 8 nitrogen and oxygen atoms in total. The van der Waals surface area contributed by atoms with Gasteiger partial charge in [0, 0.05) is 34.1 Å². The van der Waals surface area contributed by atoms with Crippen molar-refractivity contribution < 1.29 is 9.18 Å². The summed E-state index contributed by atoms with van der Waals surface area (Å²) in [5.74, 6) is 0.463. The van der Waals surface area contributed by atoms with E-state index in [2.05, 4.69) is 25.5 Å². The minimum atomic E-state index is -0.335. The second-order valence-corrected chi connectivity index (χ2v) is 9.79. The summed E-state index contributed by atoms with van der Waals surface area (Å²) in [5, 5.41) is 12.3. The molecule has 9 heteroatoms. The number of halogens is 1. The maximum atomic E-state index is 13.5. The minimum absolute atomic E-state index is 0.127. The highest BCUT2D eigenvalue weighted by molar-refractivity contribution is 5.92. The zero-order valence-electron chi connectivity index (χ0n) is 21.1. The predicted molar refractivity (Wildman–Crippen MR) is 133 cm³/mol. The van der Waals surface area contributed by atoms with Crippen LogP contribution >= 0.6 is 0 Å². The predicted octanol–water partition coefficient (Wildman–Crippen LogP) is 4.70. The quantitative estimate of drug-likeness (QED) is 0.452. The van der Waals surface area contributed by atoms with Gasteiger partial charge in [0.05, 0.1) is 23.5 Å². The highest BCUT2D eigenvalue weighted by Crippen LogP contribution is 2.27. The molecule has 0 aliphatic heterocycles. The molecule has 0 saturated heterocycles. The number of hydrogen-bond acceptors (Lipinski definition) is 5. The van der Waals surface area contributed by atoms with Gasteiger partial charge < -0.3 is 5.32 Å². The molecule has 0 radical (unpaired) electrons. The van der Waals surface area contributed by atoms with Crippen LogP contribution in [0, 0.1) is 33.5 Å². The molecular formula is C26H30FN7O. The number of benzene rings is 1. The van der Waals surface area contributed by atoms with Gasteiger partial charge in [0.1, 0.15) is 11.6 Å². The Balaban J connectivity index is 1.63. The second-order valence-electron chi connectivity index (χ2n) is 9.79. The van der Waals surface area contributed by atoms with Crippen molar-refractivity contribution in [3.05, 3.63) is 76.2 Å². The molecule has 4 aromatic rings. The molecule has 3 aromatic heterocycles. The summed E-state index contributed by atoms with van der Waals surface area (Å²) in [6, 6.07) is 9.76. The first-order valence-electron chi connectivity index (χ1n) is 11.5. The highest BCUT2D eigenvalue weighted by atomic mass is 19.1. The molecule has 0 aliphatic rings. The third kappa shape index (κ3) is 5.13. The SMILES string of the molecule is Cc1cc(C)nc(-n2nc(C)c(CC(=O)Nc3cc(C(C)(C)C)nn3-c3ccc(F)cc3)c2C)n1. The molecule has 0 bridgehead atoms. The van der Waals surface area contributed by atoms with E-state index < -0.39 is 0 Å². The largest absolute Gasteiger partial charge is 0.310 e. The number of nitrogens with one attached hydrogen (secondary N) is 1. The van der Waals surface area contributed by atoms with Crippen LogP contribution in [-0.2, 0) is 16.6 Å². The zero-order chi connectivity index (χ0) is 25.5. The number of aromatic nitrogens is 6. The van der Waals surface area contributed by atoms with Crippen molar-refractivity contribution in [3.8, 4) is 11.6 Å². The summed E-state index contributed by atoms with van der Waals surface area (Å²) in [6.07, 6.45) is 0.127. The van der Waals surface area contributed by atoms with Gasteiger partial charge in [0.15, 0.2) is 0 Å². The molecule has 1 N–H and O–H groups in total. The molecule has 1 aromatic carbocycles. The smallest absolute Gasteiger partial charge is 0.251 e. The number of anilines is 1. The van der Waals surface area contributed by atoms with Crippen molar-refractivity contribution in [2.45, 2.75) is 60.3 Å². The van der Waals surface area contributed by atoms with E-state index in [0.29, 0.717) is 17.5 Å². The number of carbonyl (C=O) groups excluding carboxylic acids is 1. The maximum Gasteiger partial charge on any atom is 0.251 e. The van der Waals surface area contributed by atoms with Crippen molar-refractivity contribution in [1.29, 1.82) is 0 Å². The fourth-order valence-electron chi connectivity index (χ4n) is 3.89. The van der Waals surface area contributed by atoms with Gasteiger partial charge in [0.2, 0.25) is 5.91 Å². The minimum Gasteiger partial charge on any atom is -0.310 e. The van der Waals surface area contributed by atoms with Crippen LogP contribution in [0.4, 0.5) is 10.2 Å². The van der Waals surface area contributed by atoms with E-state index in [9.17, 15) is 9.18 Å². The molecule has 1 amide bonds. The summed E-state index contributed by atoms with van der Waals surface area (Å²) in [4.78, 5) is 22.1. The summed E-state index contributed by atoms with van der Waals surface area (Å²) >= 11 is 0. The fourth-order valence-corrected chi connectivity index (χ4v) is 3.89. The lowest BCUT2D eigenvalue weighted by atomic mass is 9.92. The summed E-state index contributed by atoms with van der Waals surface area (Å²) in [7, 11) is 0. The van der Waals surface area contributed by atoms with E-state index in [1.54, 1.807) is 21.5 Å². The Kier molecular flexibility index (Phi) is 6.27. The lowest BCUT2D eigenvalue weighted by Crippen LogP contribution is -2.18. The van der Waals surface area contributed by atoms with E-state index in [1.165, 1.54) is 12.1 Å². The van der Waals surface area contributed by atoms with Crippen LogP contribution < -0.4 is 5.32 Å². The van der Waals surface area contributed by atoms with Crippen LogP contribution in [0.2, 0.25) is 0 Å².